The highest BCUT2D eigenvalue weighted by atomic mass is 19.1. The minimum atomic E-state index is -0.477. The lowest BCUT2D eigenvalue weighted by Gasteiger charge is -2.08. The Morgan fingerprint density at radius 3 is 2.61 bits per heavy atom. The molecule has 1 heterocycles. The molecule has 3 aromatic rings. The normalized spacial score (nSPS) is 10.5. The van der Waals surface area contributed by atoms with Crippen molar-refractivity contribution in [3.05, 3.63) is 71.3 Å². The number of nitrogens with zero attached hydrogens (tertiary/aromatic N) is 3. The Balaban J connectivity index is 1.56. The van der Waals surface area contributed by atoms with Crippen molar-refractivity contribution in [3.8, 4) is 0 Å². The smallest absolute Gasteiger partial charge is 0.306 e. The summed E-state index contributed by atoms with van der Waals surface area (Å²) < 4.78 is 18.7. The lowest BCUT2D eigenvalue weighted by atomic mass is 10.1. The molecule has 28 heavy (non-hydrogen) atoms. The van der Waals surface area contributed by atoms with E-state index in [1.807, 2.05) is 31.2 Å². The third-order valence-corrected chi connectivity index (χ3v) is 3.93. The van der Waals surface area contributed by atoms with E-state index < -0.39 is 5.97 Å². The van der Waals surface area contributed by atoms with E-state index in [1.54, 1.807) is 18.2 Å². The van der Waals surface area contributed by atoms with Crippen LogP contribution in [0.3, 0.4) is 0 Å². The Morgan fingerprint density at radius 2 is 1.86 bits per heavy atom. The molecule has 7 nitrogen and oxygen atoms in total. The standard InChI is InChI=1S/C20H20FN5O2/c1-13-6-9-15(10-7-13)23-20-25-17(24-19(22)26-20)12-28-18(27)11-8-14-4-2-3-5-16(14)21/h2-7,9-10H,8,11-12H2,1H3,(H3,22,23,24,25,26). The van der Waals surface area contributed by atoms with Crippen LogP contribution in [0.25, 0.3) is 0 Å². The van der Waals surface area contributed by atoms with Crippen LogP contribution in [0.1, 0.15) is 23.4 Å². The van der Waals surface area contributed by atoms with E-state index in [9.17, 15) is 9.18 Å². The molecular formula is C20H20FN5O2. The number of benzene rings is 2. The predicted molar refractivity (Wildman–Crippen MR) is 103 cm³/mol. The summed E-state index contributed by atoms with van der Waals surface area (Å²) in [5.41, 5.74) is 8.10. The number of aryl methyl sites for hydroxylation is 2. The van der Waals surface area contributed by atoms with E-state index in [2.05, 4.69) is 20.3 Å². The van der Waals surface area contributed by atoms with Crippen molar-refractivity contribution in [1.82, 2.24) is 15.0 Å². The van der Waals surface area contributed by atoms with Crippen molar-refractivity contribution in [3.63, 3.8) is 0 Å². The van der Waals surface area contributed by atoms with Crippen LogP contribution in [0, 0.1) is 12.7 Å². The van der Waals surface area contributed by atoms with Gasteiger partial charge in [-0.2, -0.15) is 15.0 Å². The number of carbonyl (C=O) groups is 1. The van der Waals surface area contributed by atoms with E-state index in [-0.39, 0.29) is 43.0 Å². The molecule has 1 aromatic heterocycles. The van der Waals surface area contributed by atoms with Gasteiger partial charge in [-0.3, -0.25) is 4.79 Å². The first-order chi connectivity index (χ1) is 13.5. The Kier molecular flexibility index (Phi) is 6.11. The molecule has 0 aliphatic carbocycles. The Morgan fingerprint density at radius 1 is 1.11 bits per heavy atom. The molecule has 3 N–H and O–H groups in total. The number of hydrogen-bond donors (Lipinski definition) is 2. The van der Waals surface area contributed by atoms with Crippen LogP contribution in [0.2, 0.25) is 0 Å². The van der Waals surface area contributed by atoms with Crippen LogP contribution in [0.15, 0.2) is 48.5 Å². The molecular weight excluding hydrogens is 361 g/mol. The van der Waals surface area contributed by atoms with Gasteiger partial charge in [-0.25, -0.2) is 4.39 Å². The summed E-state index contributed by atoms with van der Waals surface area (Å²) in [6.45, 7) is 1.84. The van der Waals surface area contributed by atoms with E-state index in [0.717, 1.165) is 11.3 Å². The third-order valence-electron chi connectivity index (χ3n) is 3.93. The number of carbonyl (C=O) groups excluding carboxylic acids is 1. The van der Waals surface area contributed by atoms with E-state index in [1.165, 1.54) is 6.07 Å². The number of rotatable bonds is 7. The average Bonchev–Trinajstić information content (AvgIpc) is 2.67. The fourth-order valence-electron chi connectivity index (χ4n) is 2.48. The van der Waals surface area contributed by atoms with Gasteiger partial charge < -0.3 is 15.8 Å². The number of nitrogens with one attached hydrogen (secondary N) is 1. The summed E-state index contributed by atoms with van der Waals surface area (Å²) >= 11 is 0. The second-order valence-corrected chi connectivity index (χ2v) is 6.18. The SMILES string of the molecule is Cc1ccc(Nc2nc(N)nc(COC(=O)CCc3ccccc3F)n2)cc1. The number of halogens is 1. The van der Waals surface area contributed by atoms with Gasteiger partial charge in [-0.05, 0) is 37.1 Å². The van der Waals surface area contributed by atoms with Crippen LogP contribution < -0.4 is 11.1 Å². The van der Waals surface area contributed by atoms with Crippen LogP contribution in [0.5, 0.6) is 0 Å². The quantitative estimate of drug-likeness (QED) is 0.605. The van der Waals surface area contributed by atoms with Gasteiger partial charge in [0, 0.05) is 12.1 Å². The maximum Gasteiger partial charge on any atom is 0.306 e. The molecule has 0 spiro atoms. The lowest BCUT2D eigenvalue weighted by Crippen LogP contribution is -2.11. The molecule has 0 saturated carbocycles. The zero-order valence-electron chi connectivity index (χ0n) is 15.4. The molecule has 3 rings (SSSR count). The van der Waals surface area contributed by atoms with Gasteiger partial charge in [0.1, 0.15) is 5.82 Å². The summed E-state index contributed by atoms with van der Waals surface area (Å²) in [6, 6.07) is 14.0. The molecule has 0 bridgehead atoms. The van der Waals surface area contributed by atoms with Crippen LogP contribution in [-0.4, -0.2) is 20.9 Å². The molecule has 144 valence electrons. The van der Waals surface area contributed by atoms with E-state index >= 15 is 0 Å². The highest BCUT2D eigenvalue weighted by Gasteiger charge is 2.10. The number of anilines is 3. The molecule has 0 aliphatic heterocycles. The fraction of sp³-hybridized carbons (Fsp3) is 0.200. The van der Waals surface area contributed by atoms with E-state index in [0.29, 0.717) is 5.56 Å². The maximum atomic E-state index is 13.6. The first-order valence-corrected chi connectivity index (χ1v) is 8.73. The van der Waals surface area contributed by atoms with Crippen molar-refractivity contribution in [2.45, 2.75) is 26.4 Å². The van der Waals surface area contributed by atoms with Crippen LogP contribution >= 0.6 is 0 Å². The average molecular weight is 381 g/mol. The maximum absolute atomic E-state index is 13.6. The van der Waals surface area contributed by atoms with Crippen molar-refractivity contribution >= 4 is 23.6 Å². The van der Waals surface area contributed by atoms with Gasteiger partial charge in [0.15, 0.2) is 12.4 Å². The summed E-state index contributed by atoms with van der Waals surface area (Å²) in [7, 11) is 0. The molecule has 0 fully saturated rings. The fourth-order valence-corrected chi connectivity index (χ4v) is 2.48. The summed E-state index contributed by atoms with van der Waals surface area (Å²) in [6.07, 6.45) is 0.307. The monoisotopic (exact) mass is 381 g/mol. The largest absolute Gasteiger partial charge is 0.457 e. The number of ether oxygens (including phenoxy) is 1. The third kappa shape index (κ3) is 5.47. The molecule has 2 aromatic carbocycles. The lowest BCUT2D eigenvalue weighted by molar-refractivity contribution is -0.145. The van der Waals surface area contributed by atoms with Gasteiger partial charge in [-0.15, -0.1) is 0 Å². The Labute approximate surface area is 161 Å². The number of esters is 1. The van der Waals surface area contributed by atoms with Crippen LogP contribution in [0.4, 0.5) is 22.0 Å². The topological polar surface area (TPSA) is 103 Å². The molecule has 8 heteroatoms. The second kappa shape index (κ2) is 8.90. The zero-order valence-corrected chi connectivity index (χ0v) is 15.4. The Hall–Kier alpha value is -3.55. The van der Waals surface area contributed by atoms with Crippen molar-refractivity contribution in [2.24, 2.45) is 0 Å². The highest BCUT2D eigenvalue weighted by molar-refractivity contribution is 5.69. The van der Waals surface area contributed by atoms with Crippen molar-refractivity contribution in [1.29, 1.82) is 0 Å². The zero-order chi connectivity index (χ0) is 19.9. The minimum absolute atomic E-state index is 0.0158. The van der Waals surface area contributed by atoms with Gasteiger partial charge >= 0.3 is 5.97 Å². The van der Waals surface area contributed by atoms with Crippen LogP contribution in [-0.2, 0) is 22.6 Å². The molecule has 0 saturated heterocycles. The minimum Gasteiger partial charge on any atom is -0.457 e. The van der Waals surface area contributed by atoms with Crippen molar-refractivity contribution in [2.75, 3.05) is 11.1 Å². The Bertz CT molecular complexity index is 963. The number of nitrogen functional groups attached to an aromatic ring is 1. The molecule has 0 unspecified atom stereocenters. The predicted octanol–water partition coefficient (Wildman–Crippen LogP) is 3.32. The summed E-state index contributed by atoms with van der Waals surface area (Å²) in [5, 5.41) is 3.03. The summed E-state index contributed by atoms with van der Waals surface area (Å²) in [5.74, 6) is -0.320. The van der Waals surface area contributed by atoms with Gasteiger partial charge in [0.2, 0.25) is 11.9 Å². The first kappa shape index (κ1) is 19.2. The number of aromatic nitrogens is 3. The molecule has 0 aliphatic rings. The molecule has 0 atom stereocenters. The summed E-state index contributed by atoms with van der Waals surface area (Å²) in [4.78, 5) is 24.1. The molecule has 0 amide bonds. The highest BCUT2D eigenvalue weighted by Crippen LogP contribution is 2.15. The van der Waals surface area contributed by atoms with Crippen molar-refractivity contribution < 1.29 is 13.9 Å². The number of hydrogen-bond acceptors (Lipinski definition) is 7. The molecule has 0 radical (unpaired) electrons. The number of nitrogens with two attached hydrogens (primary N) is 1. The van der Waals surface area contributed by atoms with Gasteiger partial charge in [0.25, 0.3) is 0 Å². The van der Waals surface area contributed by atoms with Gasteiger partial charge in [0.05, 0.1) is 0 Å². The van der Waals surface area contributed by atoms with Gasteiger partial charge in [-0.1, -0.05) is 35.9 Å². The first-order valence-electron chi connectivity index (χ1n) is 8.73. The van der Waals surface area contributed by atoms with E-state index in [4.69, 9.17) is 10.5 Å². The second-order valence-electron chi connectivity index (χ2n) is 6.18.